The fourth-order valence-corrected chi connectivity index (χ4v) is 2.69. The molecule has 100 valence electrons. The lowest BCUT2D eigenvalue weighted by Crippen LogP contribution is -2.13. The second-order valence-electron chi connectivity index (χ2n) is 4.20. The van der Waals surface area contributed by atoms with Crippen LogP contribution in [-0.4, -0.2) is 16.1 Å². The minimum absolute atomic E-state index is 0.273. The van der Waals surface area contributed by atoms with Crippen LogP contribution >= 0.6 is 27.5 Å². The first-order valence-corrected chi connectivity index (χ1v) is 7.02. The molecule has 0 aliphatic heterocycles. The number of carbonyl (C=O) groups is 1. The van der Waals surface area contributed by atoms with Gasteiger partial charge in [-0.3, -0.25) is 9.89 Å². The molecule has 0 unspecified atom stereocenters. The van der Waals surface area contributed by atoms with Gasteiger partial charge in [-0.25, -0.2) is 0 Å². The molecule has 0 saturated heterocycles. The molecule has 1 aromatic heterocycles. The minimum atomic E-state index is -0.273. The van der Waals surface area contributed by atoms with Crippen molar-refractivity contribution in [3.8, 4) is 0 Å². The predicted octanol–water partition coefficient (Wildman–Crippen LogP) is 4.23. The van der Waals surface area contributed by atoms with Gasteiger partial charge in [-0.1, -0.05) is 29.8 Å². The molecule has 2 N–H and O–H groups in total. The zero-order valence-corrected chi connectivity index (χ0v) is 12.5. The van der Waals surface area contributed by atoms with Gasteiger partial charge in [-0.05, 0) is 40.2 Å². The monoisotopic (exact) mass is 349 g/mol. The van der Waals surface area contributed by atoms with Crippen molar-refractivity contribution in [3.05, 3.63) is 57.7 Å². The van der Waals surface area contributed by atoms with E-state index in [-0.39, 0.29) is 5.91 Å². The Morgan fingerprint density at radius 1 is 1.25 bits per heavy atom. The summed E-state index contributed by atoms with van der Waals surface area (Å²) in [5.41, 5.74) is 1.83. The molecular weight excluding hydrogens is 342 g/mol. The van der Waals surface area contributed by atoms with Crippen molar-refractivity contribution < 1.29 is 4.79 Å². The third-order valence-corrected chi connectivity index (χ3v) is 3.76. The average Bonchev–Trinajstić information content (AvgIpc) is 2.86. The van der Waals surface area contributed by atoms with Crippen LogP contribution < -0.4 is 5.32 Å². The van der Waals surface area contributed by atoms with Gasteiger partial charge in [0.25, 0.3) is 5.91 Å². The quantitative estimate of drug-likeness (QED) is 0.726. The van der Waals surface area contributed by atoms with Crippen LogP contribution in [0.4, 0.5) is 5.69 Å². The van der Waals surface area contributed by atoms with Gasteiger partial charge in [0.1, 0.15) is 0 Å². The van der Waals surface area contributed by atoms with Crippen LogP contribution in [-0.2, 0) is 0 Å². The van der Waals surface area contributed by atoms with Crippen molar-refractivity contribution in [2.45, 2.75) is 0 Å². The first-order valence-electron chi connectivity index (χ1n) is 5.84. The summed E-state index contributed by atoms with van der Waals surface area (Å²) in [6, 6.07) is 12.6. The van der Waals surface area contributed by atoms with E-state index in [1.54, 1.807) is 18.2 Å². The normalized spacial score (nSPS) is 10.7. The number of hydrogen-bond donors (Lipinski definition) is 2. The minimum Gasteiger partial charge on any atom is -0.320 e. The maximum atomic E-state index is 12.3. The number of para-hydroxylation sites is 1. The van der Waals surface area contributed by atoms with Crippen LogP contribution in [0.3, 0.4) is 0 Å². The van der Waals surface area contributed by atoms with E-state index in [0.29, 0.717) is 16.4 Å². The van der Waals surface area contributed by atoms with Crippen LogP contribution in [0.2, 0.25) is 5.02 Å². The highest BCUT2D eigenvalue weighted by atomic mass is 79.9. The average molecular weight is 351 g/mol. The summed E-state index contributed by atoms with van der Waals surface area (Å²) in [6.45, 7) is 0. The molecule has 0 spiro atoms. The van der Waals surface area contributed by atoms with E-state index in [1.165, 1.54) is 0 Å². The lowest BCUT2D eigenvalue weighted by molar-refractivity contribution is 0.102. The molecular formula is C14H9BrClN3O. The van der Waals surface area contributed by atoms with Gasteiger partial charge in [0.2, 0.25) is 0 Å². The molecule has 0 radical (unpaired) electrons. The van der Waals surface area contributed by atoms with Gasteiger partial charge in [-0.2, -0.15) is 5.10 Å². The number of aromatic nitrogens is 2. The number of H-pyrrole nitrogens is 1. The molecule has 2 aromatic carbocycles. The third kappa shape index (κ3) is 2.42. The Hall–Kier alpha value is -1.85. The van der Waals surface area contributed by atoms with E-state index in [4.69, 9.17) is 11.6 Å². The van der Waals surface area contributed by atoms with Crippen LogP contribution in [0.15, 0.2) is 46.9 Å². The van der Waals surface area contributed by atoms with E-state index in [0.717, 1.165) is 15.4 Å². The predicted molar refractivity (Wildman–Crippen MR) is 83.2 cm³/mol. The molecule has 0 bridgehead atoms. The summed E-state index contributed by atoms with van der Waals surface area (Å²) in [5.74, 6) is -0.273. The Kier molecular flexibility index (Phi) is 3.46. The van der Waals surface area contributed by atoms with Crippen molar-refractivity contribution in [3.63, 3.8) is 0 Å². The van der Waals surface area contributed by atoms with Gasteiger partial charge >= 0.3 is 0 Å². The Labute approximate surface area is 128 Å². The highest BCUT2D eigenvalue weighted by Crippen LogP contribution is 2.26. The molecule has 3 aromatic rings. The summed E-state index contributed by atoms with van der Waals surface area (Å²) in [7, 11) is 0. The first-order chi connectivity index (χ1) is 9.65. The molecule has 1 heterocycles. The van der Waals surface area contributed by atoms with Crippen LogP contribution in [0, 0.1) is 0 Å². The molecule has 0 aliphatic carbocycles. The number of nitrogens with one attached hydrogen (secondary N) is 2. The third-order valence-electron chi connectivity index (χ3n) is 2.86. The van der Waals surface area contributed by atoms with Gasteiger partial charge in [0.05, 0.1) is 11.2 Å². The zero-order valence-electron chi connectivity index (χ0n) is 10.2. The highest BCUT2D eigenvalue weighted by molar-refractivity contribution is 9.10. The van der Waals surface area contributed by atoms with E-state index >= 15 is 0 Å². The lowest BCUT2D eigenvalue weighted by atomic mass is 10.2. The number of rotatable bonds is 2. The fraction of sp³-hybridized carbons (Fsp3) is 0. The number of nitrogens with zero attached hydrogens (tertiary/aromatic N) is 1. The molecule has 20 heavy (non-hydrogen) atoms. The summed E-state index contributed by atoms with van der Waals surface area (Å²) in [4.78, 5) is 12.3. The maximum absolute atomic E-state index is 12.3. The van der Waals surface area contributed by atoms with Crippen LogP contribution in [0.1, 0.15) is 10.5 Å². The van der Waals surface area contributed by atoms with Gasteiger partial charge in [-0.15, -0.1) is 0 Å². The number of halogens is 2. The van der Waals surface area contributed by atoms with Gasteiger partial charge in [0.15, 0.2) is 5.69 Å². The largest absolute Gasteiger partial charge is 0.320 e. The Morgan fingerprint density at radius 3 is 2.85 bits per heavy atom. The standard InChI is InChI=1S/C14H9BrClN3O/c15-10-7-8(16)5-6-12(10)17-14(20)13-9-3-1-2-4-11(9)18-19-13/h1-7H,(H,17,20)(H,18,19). The second kappa shape index (κ2) is 5.26. The summed E-state index contributed by atoms with van der Waals surface area (Å²) in [6.07, 6.45) is 0. The van der Waals surface area contributed by atoms with Crippen molar-refractivity contribution in [2.24, 2.45) is 0 Å². The summed E-state index contributed by atoms with van der Waals surface area (Å²) < 4.78 is 0.721. The van der Waals surface area contributed by atoms with Gasteiger partial charge < -0.3 is 5.32 Å². The number of anilines is 1. The smallest absolute Gasteiger partial charge is 0.276 e. The molecule has 0 saturated carbocycles. The van der Waals surface area contributed by atoms with Crippen molar-refractivity contribution in [1.82, 2.24) is 10.2 Å². The van der Waals surface area contributed by atoms with Crippen molar-refractivity contribution in [2.75, 3.05) is 5.32 Å². The van der Waals surface area contributed by atoms with E-state index in [2.05, 4.69) is 31.4 Å². The number of aromatic amines is 1. The topological polar surface area (TPSA) is 57.8 Å². The number of fused-ring (bicyclic) bond motifs is 1. The van der Waals surface area contributed by atoms with E-state index < -0.39 is 0 Å². The molecule has 0 fully saturated rings. The SMILES string of the molecule is O=C(Nc1ccc(Cl)cc1Br)c1n[nH]c2ccccc12. The molecule has 0 aliphatic rings. The lowest BCUT2D eigenvalue weighted by Gasteiger charge is -2.06. The van der Waals surface area contributed by atoms with Crippen LogP contribution in [0.25, 0.3) is 10.9 Å². The number of benzene rings is 2. The molecule has 4 nitrogen and oxygen atoms in total. The molecule has 3 rings (SSSR count). The Bertz CT molecular complexity index is 800. The molecule has 6 heteroatoms. The Morgan fingerprint density at radius 2 is 2.05 bits per heavy atom. The Balaban J connectivity index is 1.93. The summed E-state index contributed by atoms with van der Waals surface area (Å²) >= 11 is 9.23. The number of hydrogen-bond acceptors (Lipinski definition) is 2. The molecule has 0 atom stereocenters. The summed E-state index contributed by atoms with van der Waals surface area (Å²) in [5, 5.41) is 11.1. The number of carbonyl (C=O) groups excluding carboxylic acids is 1. The van der Waals surface area contributed by atoms with Crippen LogP contribution in [0.5, 0.6) is 0 Å². The molecule has 1 amide bonds. The van der Waals surface area contributed by atoms with E-state index in [9.17, 15) is 4.79 Å². The van der Waals surface area contributed by atoms with Crippen molar-refractivity contribution in [1.29, 1.82) is 0 Å². The maximum Gasteiger partial charge on any atom is 0.276 e. The van der Waals surface area contributed by atoms with Gasteiger partial charge in [0, 0.05) is 14.9 Å². The highest BCUT2D eigenvalue weighted by Gasteiger charge is 2.14. The first kappa shape index (κ1) is 13.1. The second-order valence-corrected chi connectivity index (χ2v) is 5.49. The van der Waals surface area contributed by atoms with Crippen molar-refractivity contribution >= 4 is 50.0 Å². The zero-order chi connectivity index (χ0) is 14.1. The fourth-order valence-electron chi connectivity index (χ4n) is 1.91. The van der Waals surface area contributed by atoms with E-state index in [1.807, 2.05) is 24.3 Å². The number of amides is 1.